The minimum absolute atomic E-state index is 0.0866. The van der Waals surface area contributed by atoms with Crippen molar-refractivity contribution in [1.82, 2.24) is 9.78 Å². The number of hydrogen-bond donors (Lipinski definition) is 1. The molecule has 5 heteroatoms. The normalized spacial score (nSPS) is 10.5. The van der Waals surface area contributed by atoms with Gasteiger partial charge < -0.3 is 5.32 Å². The Bertz CT molecular complexity index is 542. The van der Waals surface area contributed by atoms with Crippen molar-refractivity contribution in [3.05, 3.63) is 33.6 Å². The third kappa shape index (κ3) is 2.55. The van der Waals surface area contributed by atoms with Gasteiger partial charge in [0, 0.05) is 24.2 Å². The summed E-state index contributed by atoms with van der Waals surface area (Å²) < 4.78 is 1.66. The van der Waals surface area contributed by atoms with Gasteiger partial charge in [0.2, 0.25) is 0 Å². The minimum atomic E-state index is -0.0866. The monoisotopic (exact) mass is 249 g/mol. The minimum Gasteiger partial charge on any atom is -0.304 e. The van der Waals surface area contributed by atoms with Crippen molar-refractivity contribution < 1.29 is 4.79 Å². The molecule has 90 valence electrons. The molecule has 2 rings (SSSR count). The van der Waals surface area contributed by atoms with Gasteiger partial charge in [0.25, 0.3) is 5.91 Å². The molecule has 0 bridgehead atoms. The summed E-state index contributed by atoms with van der Waals surface area (Å²) in [5.74, 6) is 0.498. The highest BCUT2D eigenvalue weighted by atomic mass is 32.1. The summed E-state index contributed by atoms with van der Waals surface area (Å²) in [4.78, 5) is 13.9. The summed E-state index contributed by atoms with van der Waals surface area (Å²) in [7, 11) is 1.82. The summed E-state index contributed by atoms with van der Waals surface area (Å²) in [5.41, 5.74) is 1.24. The molecular formula is C12H15N3OS. The molecule has 0 fully saturated rings. The molecule has 0 radical (unpaired) electrons. The van der Waals surface area contributed by atoms with E-state index in [1.165, 1.54) is 21.8 Å². The number of aromatic nitrogens is 2. The van der Waals surface area contributed by atoms with Gasteiger partial charge in [-0.1, -0.05) is 6.92 Å². The average molecular weight is 249 g/mol. The van der Waals surface area contributed by atoms with Gasteiger partial charge in [0.05, 0.1) is 4.88 Å². The Morgan fingerprint density at radius 2 is 2.35 bits per heavy atom. The number of nitrogens with zero attached hydrogens (tertiary/aromatic N) is 2. The van der Waals surface area contributed by atoms with Crippen LogP contribution >= 0.6 is 11.3 Å². The van der Waals surface area contributed by atoms with Gasteiger partial charge in [-0.2, -0.15) is 5.10 Å². The van der Waals surface area contributed by atoms with E-state index in [2.05, 4.69) is 17.3 Å². The lowest BCUT2D eigenvalue weighted by Gasteiger charge is -1.97. The Hall–Kier alpha value is -1.62. The predicted octanol–water partition coefficient (Wildman–Crippen LogP) is 2.60. The number of carbonyl (C=O) groups excluding carboxylic acids is 1. The third-order valence-corrected chi connectivity index (χ3v) is 3.67. The Morgan fingerprint density at radius 1 is 1.59 bits per heavy atom. The second-order valence-corrected chi connectivity index (χ2v) is 5.13. The summed E-state index contributed by atoms with van der Waals surface area (Å²) in [6, 6.07) is 3.73. The highest BCUT2D eigenvalue weighted by molar-refractivity contribution is 7.14. The smallest absolute Gasteiger partial charge is 0.266 e. The third-order valence-electron chi connectivity index (χ3n) is 2.58. The van der Waals surface area contributed by atoms with Crippen molar-refractivity contribution in [1.29, 1.82) is 0 Å². The summed E-state index contributed by atoms with van der Waals surface area (Å²) in [5, 5.41) is 6.90. The van der Waals surface area contributed by atoms with Crippen LogP contribution in [-0.2, 0) is 13.5 Å². The molecule has 0 saturated carbocycles. The predicted molar refractivity (Wildman–Crippen MR) is 69.6 cm³/mol. The topological polar surface area (TPSA) is 46.9 Å². The molecule has 17 heavy (non-hydrogen) atoms. The Morgan fingerprint density at radius 3 is 2.88 bits per heavy atom. The van der Waals surface area contributed by atoms with Gasteiger partial charge >= 0.3 is 0 Å². The van der Waals surface area contributed by atoms with E-state index >= 15 is 0 Å². The number of hydrogen-bond acceptors (Lipinski definition) is 3. The van der Waals surface area contributed by atoms with Crippen LogP contribution in [0.3, 0.4) is 0 Å². The molecule has 0 aliphatic heterocycles. The van der Waals surface area contributed by atoms with E-state index in [1.807, 2.05) is 20.0 Å². The first-order chi connectivity index (χ1) is 8.10. The van der Waals surface area contributed by atoms with E-state index in [-0.39, 0.29) is 5.91 Å². The zero-order valence-corrected chi connectivity index (χ0v) is 11.0. The average Bonchev–Trinajstić information content (AvgIpc) is 2.85. The lowest BCUT2D eigenvalue weighted by Crippen LogP contribution is -2.10. The van der Waals surface area contributed by atoms with Gasteiger partial charge in [0.1, 0.15) is 0 Å². The van der Waals surface area contributed by atoms with Crippen LogP contribution in [0, 0.1) is 6.92 Å². The van der Waals surface area contributed by atoms with Crippen LogP contribution in [0.25, 0.3) is 0 Å². The molecule has 4 nitrogen and oxygen atoms in total. The second-order valence-electron chi connectivity index (χ2n) is 3.87. The number of nitrogens with one attached hydrogen (secondary N) is 1. The number of rotatable bonds is 3. The fourth-order valence-corrected chi connectivity index (χ4v) is 2.65. The van der Waals surface area contributed by atoms with Crippen molar-refractivity contribution in [2.45, 2.75) is 20.3 Å². The van der Waals surface area contributed by atoms with Crippen molar-refractivity contribution in [3.8, 4) is 0 Å². The summed E-state index contributed by atoms with van der Waals surface area (Å²) >= 11 is 1.53. The molecular weight excluding hydrogens is 234 g/mol. The molecule has 0 unspecified atom stereocenters. The molecule has 0 aliphatic rings. The van der Waals surface area contributed by atoms with Crippen LogP contribution < -0.4 is 5.32 Å². The van der Waals surface area contributed by atoms with E-state index in [0.29, 0.717) is 5.82 Å². The van der Waals surface area contributed by atoms with Gasteiger partial charge in [-0.15, -0.1) is 11.3 Å². The van der Waals surface area contributed by atoms with Gasteiger partial charge in [0.15, 0.2) is 5.82 Å². The van der Waals surface area contributed by atoms with Crippen molar-refractivity contribution in [3.63, 3.8) is 0 Å². The van der Waals surface area contributed by atoms with E-state index < -0.39 is 0 Å². The van der Waals surface area contributed by atoms with Crippen molar-refractivity contribution in [2.24, 2.45) is 7.05 Å². The lowest BCUT2D eigenvalue weighted by atomic mass is 10.2. The van der Waals surface area contributed by atoms with Gasteiger partial charge in [-0.3, -0.25) is 9.48 Å². The quantitative estimate of drug-likeness (QED) is 0.909. The number of amides is 1. The number of thiophene rings is 1. The van der Waals surface area contributed by atoms with E-state index in [4.69, 9.17) is 0 Å². The first-order valence-corrected chi connectivity index (χ1v) is 6.32. The van der Waals surface area contributed by atoms with E-state index in [9.17, 15) is 4.79 Å². The molecule has 2 heterocycles. The number of aryl methyl sites for hydroxylation is 3. The Kier molecular flexibility index (Phi) is 3.28. The molecule has 1 N–H and O–H groups in total. The highest BCUT2D eigenvalue weighted by Gasteiger charge is 2.12. The maximum absolute atomic E-state index is 12.0. The Labute approximate surface area is 104 Å². The van der Waals surface area contributed by atoms with Crippen LogP contribution in [-0.4, -0.2) is 15.7 Å². The van der Waals surface area contributed by atoms with Crippen LogP contribution in [0.15, 0.2) is 18.3 Å². The molecule has 1 amide bonds. The molecule has 2 aromatic rings. The Balaban J connectivity index is 2.14. The zero-order valence-electron chi connectivity index (χ0n) is 10.2. The largest absolute Gasteiger partial charge is 0.304 e. The molecule has 0 saturated heterocycles. The molecule has 0 aromatic carbocycles. The van der Waals surface area contributed by atoms with Crippen LogP contribution in [0.2, 0.25) is 0 Å². The maximum atomic E-state index is 12.0. The first-order valence-electron chi connectivity index (χ1n) is 5.50. The van der Waals surface area contributed by atoms with Gasteiger partial charge in [-0.25, -0.2) is 0 Å². The van der Waals surface area contributed by atoms with Crippen LogP contribution in [0.1, 0.15) is 27.0 Å². The lowest BCUT2D eigenvalue weighted by molar-refractivity contribution is 0.103. The van der Waals surface area contributed by atoms with Gasteiger partial charge in [-0.05, 0) is 25.0 Å². The van der Waals surface area contributed by atoms with Crippen molar-refractivity contribution >= 4 is 23.1 Å². The standard InChI is InChI=1S/C12H15N3OS/c1-4-9-7-10(17-8(9)2)12(16)13-11-5-6-15(3)14-11/h5-7H,4H2,1-3H3,(H,13,14,16). The van der Waals surface area contributed by atoms with E-state index in [0.717, 1.165) is 11.3 Å². The van der Waals surface area contributed by atoms with Crippen LogP contribution in [0.4, 0.5) is 5.82 Å². The first kappa shape index (κ1) is 11.9. The molecule has 0 aliphatic carbocycles. The highest BCUT2D eigenvalue weighted by Crippen LogP contribution is 2.22. The van der Waals surface area contributed by atoms with Crippen molar-refractivity contribution in [2.75, 3.05) is 5.32 Å². The number of anilines is 1. The molecule has 2 aromatic heterocycles. The SMILES string of the molecule is CCc1cc(C(=O)Nc2ccn(C)n2)sc1C. The zero-order chi connectivity index (χ0) is 12.4. The van der Waals surface area contributed by atoms with Crippen LogP contribution in [0.5, 0.6) is 0 Å². The second kappa shape index (κ2) is 4.71. The maximum Gasteiger partial charge on any atom is 0.266 e. The number of carbonyl (C=O) groups is 1. The van der Waals surface area contributed by atoms with E-state index in [1.54, 1.807) is 16.9 Å². The summed E-state index contributed by atoms with van der Waals surface area (Å²) in [6.07, 6.45) is 2.76. The fraction of sp³-hybridized carbons (Fsp3) is 0.333. The molecule has 0 spiro atoms. The molecule has 0 atom stereocenters. The summed E-state index contributed by atoms with van der Waals surface area (Å²) in [6.45, 7) is 4.14. The fourth-order valence-electron chi connectivity index (χ4n) is 1.64.